The Morgan fingerprint density at radius 2 is 1.73 bits per heavy atom. The first-order chi connectivity index (χ1) is 10.4. The lowest BCUT2D eigenvalue weighted by Gasteiger charge is -2.33. The SMILES string of the molecule is Cl.NCC(COc1cccc2ccccc12)N1CCCCC1. The summed E-state index contributed by atoms with van der Waals surface area (Å²) < 4.78 is 6.10. The highest BCUT2D eigenvalue weighted by atomic mass is 35.5. The summed E-state index contributed by atoms with van der Waals surface area (Å²) >= 11 is 0. The van der Waals surface area contributed by atoms with Crippen molar-refractivity contribution < 1.29 is 4.74 Å². The van der Waals surface area contributed by atoms with Crippen LogP contribution >= 0.6 is 12.4 Å². The van der Waals surface area contributed by atoms with E-state index in [1.165, 1.54) is 30.0 Å². The summed E-state index contributed by atoms with van der Waals surface area (Å²) in [5.74, 6) is 0.962. The van der Waals surface area contributed by atoms with E-state index in [2.05, 4.69) is 41.3 Å². The number of halogens is 1. The first kappa shape index (κ1) is 17.1. The van der Waals surface area contributed by atoms with Crippen LogP contribution in [0.3, 0.4) is 0 Å². The van der Waals surface area contributed by atoms with Crippen LogP contribution in [0.4, 0.5) is 0 Å². The molecule has 0 aromatic heterocycles. The van der Waals surface area contributed by atoms with Crippen molar-refractivity contribution in [2.45, 2.75) is 25.3 Å². The smallest absolute Gasteiger partial charge is 0.127 e. The van der Waals surface area contributed by atoms with Crippen molar-refractivity contribution in [3.05, 3.63) is 42.5 Å². The average molecular weight is 321 g/mol. The number of hydrogen-bond donors (Lipinski definition) is 1. The van der Waals surface area contributed by atoms with Crippen molar-refractivity contribution in [3.8, 4) is 5.75 Å². The van der Waals surface area contributed by atoms with Crippen molar-refractivity contribution in [1.29, 1.82) is 0 Å². The predicted molar refractivity (Wildman–Crippen MR) is 95.0 cm³/mol. The van der Waals surface area contributed by atoms with Gasteiger partial charge in [-0.15, -0.1) is 12.4 Å². The summed E-state index contributed by atoms with van der Waals surface area (Å²) in [6.07, 6.45) is 3.91. The van der Waals surface area contributed by atoms with Gasteiger partial charge in [0.25, 0.3) is 0 Å². The lowest BCUT2D eigenvalue weighted by atomic mass is 10.1. The lowest BCUT2D eigenvalue weighted by Crippen LogP contribution is -2.46. The summed E-state index contributed by atoms with van der Waals surface area (Å²) in [7, 11) is 0. The maximum atomic E-state index is 6.10. The number of rotatable bonds is 5. The van der Waals surface area contributed by atoms with Crippen molar-refractivity contribution in [3.63, 3.8) is 0 Å². The van der Waals surface area contributed by atoms with Crippen molar-refractivity contribution >= 4 is 23.2 Å². The van der Waals surface area contributed by atoms with Gasteiger partial charge in [-0.3, -0.25) is 4.90 Å². The number of fused-ring (bicyclic) bond motifs is 1. The third-order valence-electron chi connectivity index (χ3n) is 4.36. The zero-order chi connectivity index (χ0) is 14.5. The normalized spacial score (nSPS) is 17.0. The molecule has 1 saturated heterocycles. The van der Waals surface area contributed by atoms with Crippen molar-refractivity contribution in [2.75, 3.05) is 26.2 Å². The Kier molecular flexibility index (Phi) is 6.49. The molecule has 0 radical (unpaired) electrons. The molecule has 0 bridgehead atoms. The molecule has 0 spiro atoms. The van der Waals surface area contributed by atoms with Gasteiger partial charge in [0.1, 0.15) is 12.4 Å². The molecule has 4 heteroatoms. The minimum absolute atomic E-state index is 0. The number of likely N-dealkylation sites (tertiary alicyclic amines) is 1. The number of ether oxygens (including phenoxy) is 1. The van der Waals surface area contributed by atoms with Crippen molar-refractivity contribution in [1.82, 2.24) is 4.90 Å². The molecule has 3 nitrogen and oxygen atoms in total. The van der Waals surface area contributed by atoms with E-state index >= 15 is 0 Å². The fraction of sp³-hybridized carbons (Fsp3) is 0.444. The third-order valence-corrected chi connectivity index (χ3v) is 4.36. The van der Waals surface area contributed by atoms with Gasteiger partial charge >= 0.3 is 0 Å². The Bertz CT molecular complexity index is 579. The van der Waals surface area contributed by atoms with Gasteiger partial charge in [-0.2, -0.15) is 0 Å². The zero-order valence-corrected chi connectivity index (χ0v) is 13.7. The molecule has 120 valence electrons. The highest BCUT2D eigenvalue weighted by Crippen LogP contribution is 2.25. The Balaban J connectivity index is 0.00000176. The topological polar surface area (TPSA) is 38.5 Å². The van der Waals surface area contributed by atoms with Crippen LogP contribution < -0.4 is 10.5 Å². The van der Waals surface area contributed by atoms with Gasteiger partial charge in [0.2, 0.25) is 0 Å². The van der Waals surface area contributed by atoms with Gasteiger partial charge in [0, 0.05) is 11.9 Å². The molecular formula is C18H25ClN2O. The zero-order valence-electron chi connectivity index (χ0n) is 12.9. The molecule has 0 saturated carbocycles. The second-order valence-electron chi connectivity index (χ2n) is 5.77. The molecule has 1 atom stereocenters. The molecular weight excluding hydrogens is 296 g/mol. The second kappa shape index (κ2) is 8.37. The van der Waals surface area contributed by atoms with E-state index < -0.39 is 0 Å². The van der Waals surface area contributed by atoms with Crippen LogP contribution in [0, 0.1) is 0 Å². The lowest BCUT2D eigenvalue weighted by molar-refractivity contribution is 0.119. The molecule has 0 amide bonds. The number of benzene rings is 2. The molecule has 2 aromatic rings. The van der Waals surface area contributed by atoms with Gasteiger partial charge in [0.15, 0.2) is 0 Å². The highest BCUT2D eigenvalue weighted by Gasteiger charge is 2.20. The van der Waals surface area contributed by atoms with Gasteiger partial charge in [0.05, 0.1) is 6.04 Å². The summed E-state index contributed by atoms with van der Waals surface area (Å²) in [6, 6.07) is 14.9. The first-order valence-electron chi connectivity index (χ1n) is 7.93. The molecule has 2 N–H and O–H groups in total. The van der Waals surface area contributed by atoms with E-state index in [4.69, 9.17) is 10.5 Å². The van der Waals surface area contributed by atoms with E-state index in [0.29, 0.717) is 19.2 Å². The summed E-state index contributed by atoms with van der Waals surface area (Å²) in [4.78, 5) is 2.48. The number of hydrogen-bond acceptors (Lipinski definition) is 3. The summed E-state index contributed by atoms with van der Waals surface area (Å²) in [6.45, 7) is 3.64. The monoisotopic (exact) mass is 320 g/mol. The van der Waals surface area contributed by atoms with Crippen LogP contribution in [0.15, 0.2) is 42.5 Å². The summed E-state index contributed by atoms with van der Waals surface area (Å²) in [5.41, 5.74) is 5.96. The molecule has 1 heterocycles. The number of piperidine rings is 1. The summed E-state index contributed by atoms with van der Waals surface area (Å²) in [5, 5.41) is 2.40. The van der Waals surface area contributed by atoms with E-state index in [0.717, 1.165) is 18.8 Å². The molecule has 2 aromatic carbocycles. The Hall–Kier alpha value is -1.29. The Morgan fingerprint density at radius 1 is 1.00 bits per heavy atom. The molecule has 1 aliphatic rings. The fourth-order valence-corrected chi connectivity index (χ4v) is 3.11. The Morgan fingerprint density at radius 3 is 2.50 bits per heavy atom. The third kappa shape index (κ3) is 3.92. The molecule has 22 heavy (non-hydrogen) atoms. The van der Waals surface area contributed by atoms with E-state index in [9.17, 15) is 0 Å². The number of nitrogens with two attached hydrogens (primary N) is 1. The van der Waals surface area contributed by atoms with Crippen LogP contribution in [0.2, 0.25) is 0 Å². The largest absolute Gasteiger partial charge is 0.491 e. The van der Waals surface area contributed by atoms with Crippen LogP contribution in [0.25, 0.3) is 10.8 Å². The van der Waals surface area contributed by atoms with Crippen LogP contribution in [-0.4, -0.2) is 37.2 Å². The van der Waals surface area contributed by atoms with Gasteiger partial charge in [-0.1, -0.05) is 42.8 Å². The number of nitrogens with zero attached hydrogens (tertiary/aromatic N) is 1. The van der Waals surface area contributed by atoms with E-state index in [-0.39, 0.29) is 12.4 Å². The minimum Gasteiger partial charge on any atom is -0.491 e. The molecule has 0 aliphatic carbocycles. The standard InChI is InChI=1S/C18H24N2O.ClH/c19-13-16(20-11-4-1-5-12-20)14-21-18-10-6-8-15-7-2-3-9-17(15)18;/h2-3,6-10,16H,1,4-5,11-14,19H2;1H. The fourth-order valence-electron chi connectivity index (χ4n) is 3.11. The van der Waals surface area contributed by atoms with Gasteiger partial charge < -0.3 is 10.5 Å². The minimum atomic E-state index is 0. The first-order valence-corrected chi connectivity index (χ1v) is 7.93. The van der Waals surface area contributed by atoms with Crippen LogP contribution in [0.5, 0.6) is 5.75 Å². The maximum absolute atomic E-state index is 6.10. The maximum Gasteiger partial charge on any atom is 0.127 e. The van der Waals surface area contributed by atoms with E-state index in [1.54, 1.807) is 0 Å². The molecule has 1 fully saturated rings. The van der Waals surface area contributed by atoms with Gasteiger partial charge in [-0.25, -0.2) is 0 Å². The average Bonchev–Trinajstić information content (AvgIpc) is 2.56. The molecule has 1 unspecified atom stereocenters. The highest BCUT2D eigenvalue weighted by molar-refractivity contribution is 5.88. The van der Waals surface area contributed by atoms with Crippen molar-refractivity contribution in [2.24, 2.45) is 5.73 Å². The van der Waals surface area contributed by atoms with Gasteiger partial charge in [-0.05, 0) is 37.4 Å². The predicted octanol–water partition coefficient (Wildman–Crippen LogP) is 3.45. The quantitative estimate of drug-likeness (QED) is 0.917. The molecule has 1 aliphatic heterocycles. The Labute approximate surface area is 138 Å². The van der Waals surface area contributed by atoms with Crippen LogP contribution in [0.1, 0.15) is 19.3 Å². The van der Waals surface area contributed by atoms with E-state index in [1.807, 2.05) is 6.07 Å². The molecule has 3 rings (SSSR count). The van der Waals surface area contributed by atoms with Crippen LogP contribution in [-0.2, 0) is 0 Å². The second-order valence-corrected chi connectivity index (χ2v) is 5.77.